The van der Waals surface area contributed by atoms with Gasteiger partial charge in [0.05, 0.1) is 29.8 Å². The van der Waals surface area contributed by atoms with Gasteiger partial charge in [-0.1, -0.05) is 23.7 Å². The van der Waals surface area contributed by atoms with Gasteiger partial charge in [0, 0.05) is 24.2 Å². The van der Waals surface area contributed by atoms with E-state index in [-0.39, 0.29) is 24.5 Å². The Morgan fingerprint density at radius 3 is 2.45 bits per heavy atom. The van der Waals surface area contributed by atoms with Gasteiger partial charge in [-0.3, -0.25) is 9.59 Å². The summed E-state index contributed by atoms with van der Waals surface area (Å²) < 4.78 is 10.9. The molecule has 6 nitrogen and oxygen atoms in total. The zero-order chi connectivity index (χ0) is 21.1. The van der Waals surface area contributed by atoms with E-state index in [0.717, 1.165) is 0 Å². The minimum Gasteiger partial charge on any atom is -0.507 e. The van der Waals surface area contributed by atoms with Crippen LogP contribution >= 0.6 is 27.5 Å². The summed E-state index contributed by atoms with van der Waals surface area (Å²) >= 11 is 9.36. The van der Waals surface area contributed by atoms with Gasteiger partial charge in [-0.2, -0.15) is 0 Å². The summed E-state index contributed by atoms with van der Waals surface area (Å²) in [7, 11) is 3.05. The number of hydrogen-bond acceptors (Lipinski definition) is 5. The van der Waals surface area contributed by atoms with Crippen molar-refractivity contribution in [3.05, 3.63) is 68.7 Å². The molecule has 0 radical (unpaired) electrons. The van der Waals surface area contributed by atoms with E-state index in [0.29, 0.717) is 26.4 Å². The molecule has 2 aromatic rings. The Morgan fingerprint density at radius 1 is 1.17 bits per heavy atom. The molecule has 152 valence electrons. The molecule has 1 aliphatic rings. The van der Waals surface area contributed by atoms with Crippen molar-refractivity contribution in [1.29, 1.82) is 0 Å². The largest absolute Gasteiger partial charge is 0.507 e. The standard InChI is InChI=1S/C21H19BrClNO5/c1-28-10-9-24-18(12-3-6-14(23)7-4-12)17(20(26)21(24)27)19(25)13-5-8-16(29-2)15(22)11-13/h3-8,11,18,25H,9-10H2,1-2H3/b19-17-. The highest BCUT2D eigenvalue weighted by Gasteiger charge is 2.45. The first-order chi connectivity index (χ1) is 13.9. The second-order valence-corrected chi connectivity index (χ2v) is 7.68. The number of halogens is 2. The number of likely N-dealkylation sites (tertiary alicyclic amines) is 1. The van der Waals surface area contributed by atoms with Crippen LogP contribution in [0.4, 0.5) is 0 Å². The monoisotopic (exact) mass is 479 g/mol. The van der Waals surface area contributed by atoms with Crippen molar-refractivity contribution in [2.75, 3.05) is 27.4 Å². The smallest absolute Gasteiger partial charge is 0.295 e. The van der Waals surface area contributed by atoms with Crippen molar-refractivity contribution < 1.29 is 24.2 Å². The lowest BCUT2D eigenvalue weighted by Crippen LogP contribution is -2.32. The van der Waals surface area contributed by atoms with Crippen LogP contribution in [0.1, 0.15) is 17.2 Å². The topological polar surface area (TPSA) is 76.1 Å². The van der Waals surface area contributed by atoms with Gasteiger partial charge in [-0.25, -0.2) is 0 Å². The number of hydrogen-bond donors (Lipinski definition) is 1. The molecule has 2 aromatic carbocycles. The average molecular weight is 481 g/mol. The zero-order valence-electron chi connectivity index (χ0n) is 15.8. The molecule has 0 bridgehead atoms. The normalized spacial score (nSPS) is 18.3. The molecule has 1 atom stereocenters. The summed E-state index contributed by atoms with van der Waals surface area (Å²) in [6.45, 7) is 0.461. The quantitative estimate of drug-likeness (QED) is 0.381. The van der Waals surface area contributed by atoms with Crippen molar-refractivity contribution in [2.24, 2.45) is 0 Å². The maximum atomic E-state index is 12.8. The lowest BCUT2D eigenvalue weighted by molar-refractivity contribution is -0.140. The summed E-state index contributed by atoms with van der Waals surface area (Å²) in [6.07, 6.45) is 0. The van der Waals surface area contributed by atoms with Crippen LogP contribution in [0.5, 0.6) is 5.75 Å². The number of ether oxygens (including phenoxy) is 2. The molecular weight excluding hydrogens is 462 g/mol. The highest BCUT2D eigenvalue weighted by Crippen LogP contribution is 2.40. The lowest BCUT2D eigenvalue weighted by atomic mass is 9.95. The molecule has 8 heteroatoms. The van der Waals surface area contributed by atoms with Crippen LogP contribution in [0.3, 0.4) is 0 Å². The molecular formula is C21H19BrClNO5. The first-order valence-electron chi connectivity index (χ1n) is 8.75. The highest BCUT2D eigenvalue weighted by atomic mass is 79.9. The molecule has 1 saturated heterocycles. The fourth-order valence-corrected chi connectivity index (χ4v) is 3.93. The number of carbonyl (C=O) groups is 2. The third kappa shape index (κ3) is 4.17. The number of rotatable bonds is 6. The molecule has 0 aliphatic carbocycles. The van der Waals surface area contributed by atoms with E-state index >= 15 is 0 Å². The molecule has 1 N–H and O–H groups in total. The predicted octanol–water partition coefficient (Wildman–Crippen LogP) is 4.18. The Bertz CT molecular complexity index is 974. The summed E-state index contributed by atoms with van der Waals surface area (Å²) in [5, 5.41) is 11.5. The van der Waals surface area contributed by atoms with Gasteiger partial charge in [0.25, 0.3) is 11.7 Å². The fraction of sp³-hybridized carbons (Fsp3) is 0.238. The number of aliphatic hydroxyl groups excluding tert-OH is 1. The molecule has 0 aromatic heterocycles. The van der Waals surface area contributed by atoms with Crippen LogP contribution in [-0.4, -0.2) is 49.1 Å². The Morgan fingerprint density at radius 2 is 1.86 bits per heavy atom. The Hall–Kier alpha value is -2.35. The van der Waals surface area contributed by atoms with E-state index in [1.165, 1.54) is 19.1 Å². The van der Waals surface area contributed by atoms with E-state index in [1.54, 1.807) is 42.5 Å². The Labute approximate surface area is 181 Å². The molecule has 3 rings (SSSR count). The summed E-state index contributed by atoms with van der Waals surface area (Å²) in [5.41, 5.74) is 1.07. The SMILES string of the molecule is COCCN1C(=O)C(=O)/C(=C(\O)c2ccc(OC)c(Br)c2)C1c1ccc(Cl)cc1. The lowest BCUT2D eigenvalue weighted by Gasteiger charge is -2.25. The van der Waals surface area contributed by atoms with E-state index in [4.69, 9.17) is 21.1 Å². The van der Waals surface area contributed by atoms with E-state index < -0.39 is 17.7 Å². The van der Waals surface area contributed by atoms with Crippen LogP contribution < -0.4 is 4.74 Å². The maximum Gasteiger partial charge on any atom is 0.295 e. The Balaban J connectivity index is 2.15. The second-order valence-electron chi connectivity index (χ2n) is 6.39. The van der Waals surface area contributed by atoms with Gasteiger partial charge < -0.3 is 19.5 Å². The fourth-order valence-electron chi connectivity index (χ4n) is 3.26. The number of carbonyl (C=O) groups excluding carboxylic acids is 2. The van der Waals surface area contributed by atoms with Crippen molar-refractivity contribution in [2.45, 2.75) is 6.04 Å². The number of methoxy groups -OCH3 is 2. The molecule has 29 heavy (non-hydrogen) atoms. The molecule has 1 heterocycles. The van der Waals surface area contributed by atoms with Crippen molar-refractivity contribution in [3.63, 3.8) is 0 Å². The number of aliphatic hydroxyl groups is 1. The van der Waals surface area contributed by atoms with Gasteiger partial charge in [-0.15, -0.1) is 0 Å². The summed E-state index contributed by atoms with van der Waals surface area (Å²) in [4.78, 5) is 26.9. The van der Waals surface area contributed by atoms with Crippen molar-refractivity contribution in [3.8, 4) is 5.75 Å². The number of amides is 1. The van der Waals surface area contributed by atoms with Crippen molar-refractivity contribution in [1.82, 2.24) is 4.90 Å². The number of ketones is 1. The molecule has 1 unspecified atom stereocenters. The summed E-state index contributed by atoms with van der Waals surface area (Å²) in [6, 6.07) is 11.0. The van der Waals surface area contributed by atoms with Gasteiger partial charge in [0.1, 0.15) is 11.5 Å². The minimum atomic E-state index is -0.747. The number of benzene rings is 2. The second kappa shape index (κ2) is 8.98. The third-order valence-electron chi connectivity index (χ3n) is 4.69. The van der Waals surface area contributed by atoms with Gasteiger partial charge in [-0.05, 0) is 51.8 Å². The molecule has 1 amide bonds. The molecule has 1 fully saturated rings. The number of Topliss-reactive ketones (excluding diaryl/α,β-unsaturated/α-hetero) is 1. The predicted molar refractivity (Wildman–Crippen MR) is 113 cm³/mol. The van der Waals surface area contributed by atoms with Crippen LogP contribution in [0.15, 0.2) is 52.5 Å². The first kappa shape index (κ1) is 21.4. The van der Waals surface area contributed by atoms with Gasteiger partial charge in [0.2, 0.25) is 0 Å². The molecule has 1 aliphatic heterocycles. The highest BCUT2D eigenvalue weighted by molar-refractivity contribution is 9.10. The van der Waals surface area contributed by atoms with Gasteiger partial charge >= 0.3 is 0 Å². The average Bonchev–Trinajstić information content (AvgIpc) is 2.96. The van der Waals surface area contributed by atoms with Crippen LogP contribution in [0.25, 0.3) is 5.76 Å². The maximum absolute atomic E-state index is 12.8. The van der Waals surface area contributed by atoms with E-state index in [9.17, 15) is 14.7 Å². The van der Waals surface area contributed by atoms with Gasteiger partial charge in [0.15, 0.2) is 0 Å². The van der Waals surface area contributed by atoms with Crippen LogP contribution in [0.2, 0.25) is 5.02 Å². The minimum absolute atomic E-state index is 0.0190. The number of nitrogens with zero attached hydrogens (tertiary/aromatic N) is 1. The van der Waals surface area contributed by atoms with Crippen LogP contribution in [0, 0.1) is 0 Å². The third-order valence-corrected chi connectivity index (χ3v) is 5.56. The Kier molecular flexibility index (Phi) is 6.62. The van der Waals surface area contributed by atoms with E-state index in [2.05, 4.69) is 15.9 Å². The zero-order valence-corrected chi connectivity index (χ0v) is 18.2. The molecule has 0 spiro atoms. The molecule has 0 saturated carbocycles. The van der Waals surface area contributed by atoms with Crippen molar-refractivity contribution >= 4 is 45.0 Å². The van der Waals surface area contributed by atoms with Crippen LogP contribution in [-0.2, 0) is 14.3 Å². The van der Waals surface area contributed by atoms with E-state index in [1.807, 2.05) is 0 Å². The first-order valence-corrected chi connectivity index (χ1v) is 9.92. The summed E-state index contributed by atoms with van der Waals surface area (Å²) in [5.74, 6) is -1.11.